The Morgan fingerprint density at radius 1 is 1.16 bits per heavy atom. The number of halogens is 3. The molecule has 0 aliphatic rings. The largest absolute Gasteiger partial charge is 0.481 e. The number of aliphatic carboxylic acids is 1. The maximum Gasteiger partial charge on any atom is 0.307 e. The van der Waals surface area contributed by atoms with Gasteiger partial charge in [0.2, 0.25) is 0 Å². The first-order valence-corrected chi connectivity index (χ1v) is 5.81. The van der Waals surface area contributed by atoms with Gasteiger partial charge in [-0.05, 0) is 23.3 Å². The summed E-state index contributed by atoms with van der Waals surface area (Å²) in [6, 6.07) is 7.81. The minimum Gasteiger partial charge on any atom is -0.481 e. The summed E-state index contributed by atoms with van der Waals surface area (Å²) in [6.07, 6.45) is -0.246. The molecule has 0 bridgehead atoms. The van der Waals surface area contributed by atoms with Crippen LogP contribution in [0.1, 0.15) is 5.56 Å². The van der Waals surface area contributed by atoms with Crippen molar-refractivity contribution >= 4 is 17.6 Å². The molecule has 0 heterocycles. The lowest BCUT2D eigenvalue weighted by molar-refractivity contribution is -0.136. The summed E-state index contributed by atoms with van der Waals surface area (Å²) in [4.78, 5) is 10.7. The van der Waals surface area contributed by atoms with E-state index in [1.54, 1.807) is 18.2 Å². The number of carboxylic acids is 1. The Hall–Kier alpha value is -1.94. The van der Waals surface area contributed by atoms with Gasteiger partial charge in [-0.15, -0.1) is 0 Å². The van der Waals surface area contributed by atoms with E-state index in [9.17, 15) is 13.6 Å². The van der Waals surface area contributed by atoms with E-state index in [1.807, 2.05) is 0 Å². The van der Waals surface area contributed by atoms with Crippen molar-refractivity contribution in [1.82, 2.24) is 0 Å². The highest BCUT2D eigenvalue weighted by Gasteiger charge is 2.12. The van der Waals surface area contributed by atoms with E-state index in [2.05, 4.69) is 0 Å². The molecule has 0 spiro atoms. The number of rotatable bonds is 3. The van der Waals surface area contributed by atoms with E-state index >= 15 is 0 Å². The Morgan fingerprint density at radius 2 is 1.79 bits per heavy atom. The fourth-order valence-electron chi connectivity index (χ4n) is 1.81. The molecule has 0 aliphatic heterocycles. The summed E-state index contributed by atoms with van der Waals surface area (Å²) >= 11 is 6.08. The topological polar surface area (TPSA) is 37.3 Å². The van der Waals surface area contributed by atoms with Crippen molar-refractivity contribution in [3.05, 3.63) is 58.6 Å². The molecule has 19 heavy (non-hydrogen) atoms. The van der Waals surface area contributed by atoms with Crippen molar-refractivity contribution in [3.63, 3.8) is 0 Å². The van der Waals surface area contributed by atoms with Gasteiger partial charge in [0.05, 0.1) is 11.4 Å². The van der Waals surface area contributed by atoms with Crippen LogP contribution in [0.3, 0.4) is 0 Å². The highest BCUT2D eigenvalue weighted by atomic mass is 35.5. The fraction of sp³-hybridized carbons (Fsp3) is 0.0714. The van der Waals surface area contributed by atoms with Crippen LogP contribution in [0.2, 0.25) is 5.02 Å². The zero-order valence-electron chi connectivity index (χ0n) is 9.66. The molecule has 0 aliphatic carbocycles. The van der Waals surface area contributed by atoms with Crippen molar-refractivity contribution in [1.29, 1.82) is 0 Å². The lowest BCUT2D eigenvalue weighted by Crippen LogP contribution is -2.01. The lowest BCUT2D eigenvalue weighted by Gasteiger charge is -2.09. The van der Waals surface area contributed by atoms with Gasteiger partial charge in [-0.25, -0.2) is 8.78 Å². The average molecular weight is 283 g/mol. The van der Waals surface area contributed by atoms with Gasteiger partial charge in [0.25, 0.3) is 0 Å². The fourth-order valence-corrected chi connectivity index (χ4v) is 2.11. The molecule has 5 heteroatoms. The third kappa shape index (κ3) is 3.09. The van der Waals surface area contributed by atoms with E-state index in [1.165, 1.54) is 0 Å². The van der Waals surface area contributed by atoms with Crippen molar-refractivity contribution in [2.75, 3.05) is 0 Å². The van der Waals surface area contributed by atoms with Crippen LogP contribution in [0.5, 0.6) is 0 Å². The Morgan fingerprint density at radius 3 is 2.37 bits per heavy atom. The summed E-state index contributed by atoms with van der Waals surface area (Å²) in [5.41, 5.74) is 1.07. The Labute approximate surface area is 113 Å². The van der Waals surface area contributed by atoms with Crippen molar-refractivity contribution in [2.24, 2.45) is 0 Å². The van der Waals surface area contributed by atoms with Gasteiger partial charge in [-0.1, -0.05) is 29.8 Å². The maximum absolute atomic E-state index is 13.2. The number of hydrogen-bond donors (Lipinski definition) is 1. The molecule has 0 radical (unpaired) electrons. The number of carboxylic acid groups (broad SMARTS) is 1. The molecule has 2 rings (SSSR count). The van der Waals surface area contributed by atoms with Crippen molar-refractivity contribution in [2.45, 2.75) is 6.42 Å². The molecule has 0 unspecified atom stereocenters. The van der Waals surface area contributed by atoms with Gasteiger partial charge in [-0.3, -0.25) is 4.79 Å². The van der Waals surface area contributed by atoms with Gasteiger partial charge in [0.15, 0.2) is 0 Å². The Bertz CT molecular complexity index is 621. The van der Waals surface area contributed by atoms with Crippen molar-refractivity contribution in [3.8, 4) is 11.1 Å². The van der Waals surface area contributed by atoms with Crippen LogP contribution in [-0.2, 0) is 11.2 Å². The molecule has 98 valence electrons. The first kappa shape index (κ1) is 13.5. The average Bonchev–Trinajstić information content (AvgIpc) is 2.30. The molecule has 2 nitrogen and oxygen atoms in total. The normalized spacial score (nSPS) is 10.5. The minimum absolute atomic E-state index is 0.190. The van der Waals surface area contributed by atoms with Gasteiger partial charge in [0, 0.05) is 11.6 Å². The van der Waals surface area contributed by atoms with E-state index in [4.69, 9.17) is 16.7 Å². The van der Waals surface area contributed by atoms with E-state index < -0.39 is 17.6 Å². The molecule has 0 saturated carbocycles. The molecule has 0 amide bonds. The third-order valence-corrected chi connectivity index (χ3v) is 3.04. The quantitative estimate of drug-likeness (QED) is 0.926. The minimum atomic E-state index is -1.02. The molecule has 0 fully saturated rings. The summed E-state index contributed by atoms with van der Waals surface area (Å²) < 4.78 is 26.4. The number of benzene rings is 2. The lowest BCUT2D eigenvalue weighted by atomic mass is 10.0. The number of carbonyl (C=O) groups is 1. The molecule has 2 aromatic rings. The van der Waals surface area contributed by atoms with E-state index in [-0.39, 0.29) is 17.0 Å². The summed E-state index contributed by atoms with van der Waals surface area (Å²) in [7, 11) is 0. The first-order valence-electron chi connectivity index (χ1n) is 5.43. The van der Waals surface area contributed by atoms with Gasteiger partial charge >= 0.3 is 5.97 Å². The molecular formula is C14H9ClF2O2. The monoisotopic (exact) mass is 282 g/mol. The zero-order valence-corrected chi connectivity index (χ0v) is 10.4. The highest BCUT2D eigenvalue weighted by Crippen LogP contribution is 2.31. The van der Waals surface area contributed by atoms with Crippen molar-refractivity contribution < 1.29 is 18.7 Å². The SMILES string of the molecule is O=C(O)Cc1cccc(-c2cc(F)cc(F)c2)c1Cl. The van der Waals surface area contributed by atoms with Gasteiger partial charge in [-0.2, -0.15) is 0 Å². The van der Waals surface area contributed by atoms with Crippen LogP contribution >= 0.6 is 11.6 Å². The van der Waals surface area contributed by atoms with Crippen LogP contribution < -0.4 is 0 Å². The number of hydrogen-bond acceptors (Lipinski definition) is 1. The summed E-state index contributed by atoms with van der Waals surface area (Å²) in [6.45, 7) is 0. The Balaban J connectivity index is 2.53. The predicted octanol–water partition coefficient (Wildman–Crippen LogP) is 3.91. The second-order valence-electron chi connectivity index (χ2n) is 4.01. The van der Waals surface area contributed by atoms with Crippen LogP contribution in [0, 0.1) is 11.6 Å². The van der Waals surface area contributed by atoms with E-state index in [0.717, 1.165) is 18.2 Å². The van der Waals surface area contributed by atoms with Crippen LogP contribution in [0.25, 0.3) is 11.1 Å². The molecule has 1 N–H and O–H groups in total. The zero-order chi connectivity index (χ0) is 14.0. The van der Waals surface area contributed by atoms with Crippen LogP contribution in [-0.4, -0.2) is 11.1 Å². The third-order valence-electron chi connectivity index (χ3n) is 2.59. The first-order chi connectivity index (χ1) is 8.97. The molecule has 0 saturated heterocycles. The molecular weight excluding hydrogens is 274 g/mol. The summed E-state index contributed by atoms with van der Waals surface area (Å²) in [5, 5.41) is 8.95. The van der Waals surface area contributed by atoms with Crippen LogP contribution in [0.4, 0.5) is 8.78 Å². The second-order valence-corrected chi connectivity index (χ2v) is 4.39. The smallest absolute Gasteiger partial charge is 0.307 e. The highest BCUT2D eigenvalue weighted by molar-refractivity contribution is 6.34. The molecule has 0 atom stereocenters. The molecule has 0 aromatic heterocycles. The predicted molar refractivity (Wildman–Crippen MR) is 68.1 cm³/mol. The summed E-state index contributed by atoms with van der Waals surface area (Å²) in [5.74, 6) is -2.45. The maximum atomic E-state index is 13.2. The Kier molecular flexibility index (Phi) is 3.81. The molecule has 2 aromatic carbocycles. The van der Waals surface area contributed by atoms with Gasteiger partial charge < -0.3 is 5.11 Å². The van der Waals surface area contributed by atoms with Crippen LogP contribution in [0.15, 0.2) is 36.4 Å². The second kappa shape index (κ2) is 5.36. The standard InChI is InChI=1S/C14H9ClF2O2/c15-14-8(6-13(18)19)2-1-3-12(14)9-4-10(16)7-11(17)5-9/h1-5,7H,6H2,(H,18,19). The van der Waals surface area contributed by atoms with Gasteiger partial charge in [0.1, 0.15) is 11.6 Å². The van der Waals surface area contributed by atoms with E-state index in [0.29, 0.717) is 11.1 Å².